The van der Waals surface area contributed by atoms with Gasteiger partial charge in [0.05, 0.1) is 129 Å². The molecule has 33 atom stereocenters. The number of ketones is 1. The van der Waals surface area contributed by atoms with Crippen LogP contribution in [-0.2, 0) is 61.6 Å². The van der Waals surface area contributed by atoms with Gasteiger partial charge >= 0.3 is 0 Å². The van der Waals surface area contributed by atoms with Crippen LogP contribution in [0.25, 0.3) is 0 Å². The summed E-state index contributed by atoms with van der Waals surface area (Å²) in [4.78, 5) is 10.6. The molecule has 486 valence electrons. The first kappa shape index (κ1) is 63.6. The number of ether oxygens (including phenoxy) is 13. The van der Waals surface area contributed by atoms with E-state index in [-0.39, 0.29) is 84.9 Å². The van der Waals surface area contributed by atoms with Crippen LogP contribution in [0.15, 0.2) is 91.1 Å². The molecule has 20 nitrogen and oxygen atoms in total. The van der Waals surface area contributed by atoms with Crippen molar-refractivity contribution in [3.63, 3.8) is 0 Å². The molecular weight excluding hydrogens is 1140 g/mol. The highest BCUT2D eigenvalue weighted by Gasteiger charge is 2.63. The summed E-state index contributed by atoms with van der Waals surface area (Å²) in [7, 11) is 0. The van der Waals surface area contributed by atoms with Gasteiger partial charge in [-0.25, -0.2) is 0 Å². The van der Waals surface area contributed by atoms with Crippen molar-refractivity contribution in [3.8, 4) is 0 Å². The van der Waals surface area contributed by atoms with Gasteiger partial charge in [-0.15, -0.1) is 0 Å². The van der Waals surface area contributed by atoms with Crippen LogP contribution in [0.4, 0.5) is 0 Å². The summed E-state index contributed by atoms with van der Waals surface area (Å²) < 4.78 is 89.0. The van der Waals surface area contributed by atoms with Gasteiger partial charge in [-0.1, -0.05) is 119 Å². The lowest BCUT2D eigenvalue weighted by molar-refractivity contribution is -0.339. The van der Waals surface area contributed by atoms with Crippen molar-refractivity contribution in [1.29, 1.82) is 0 Å². The molecule has 0 aromatic heterocycles. The minimum absolute atomic E-state index is 0.0318. The van der Waals surface area contributed by atoms with E-state index in [0.29, 0.717) is 57.8 Å². The molecule has 0 aliphatic carbocycles. The second-order valence-corrected chi connectivity index (χ2v) is 27.8. The molecule has 13 heterocycles. The van der Waals surface area contributed by atoms with E-state index in [1.54, 1.807) is 13.0 Å². The van der Waals surface area contributed by atoms with Gasteiger partial charge in [-0.2, -0.15) is 0 Å². The Morgan fingerprint density at radius 2 is 1.18 bits per heavy atom. The highest BCUT2D eigenvalue weighted by Crippen LogP contribution is 2.52. The number of hydrogen-bond donors (Lipinski definition) is 6. The molecule has 1 aromatic carbocycles. The second-order valence-electron chi connectivity index (χ2n) is 27.8. The number of carbonyl (C=O) groups excluding carboxylic acids is 1. The van der Waals surface area contributed by atoms with Crippen molar-refractivity contribution in [1.82, 2.24) is 0 Å². The maximum atomic E-state index is 12.4. The first-order valence-electron chi connectivity index (χ1n) is 32.8. The van der Waals surface area contributed by atoms with Crippen LogP contribution in [0.3, 0.4) is 0 Å². The number of benzene rings is 1. The van der Waals surface area contributed by atoms with Crippen LogP contribution in [-0.4, -0.2) is 226 Å². The molecule has 1 aromatic rings. The zero-order valence-electron chi connectivity index (χ0n) is 51.4. The van der Waals surface area contributed by atoms with Crippen molar-refractivity contribution in [2.45, 2.75) is 282 Å². The predicted molar refractivity (Wildman–Crippen MR) is 316 cm³/mol. The molecule has 0 bridgehead atoms. The van der Waals surface area contributed by atoms with Crippen LogP contribution in [0.5, 0.6) is 0 Å². The van der Waals surface area contributed by atoms with E-state index in [0.717, 1.165) is 12.0 Å². The average Bonchev–Trinajstić information content (AvgIpc) is 1.54. The van der Waals surface area contributed by atoms with Crippen molar-refractivity contribution >= 4 is 5.78 Å². The fraction of sp³-hybridized carbons (Fsp3) is 0.750. The van der Waals surface area contributed by atoms with E-state index in [1.165, 1.54) is 6.08 Å². The van der Waals surface area contributed by atoms with E-state index in [1.807, 2.05) is 80.6 Å². The summed E-state index contributed by atoms with van der Waals surface area (Å²) in [6.07, 6.45) is 10.5. The molecule has 0 amide bonds. The largest absolute Gasteiger partial charge is 0.393 e. The molecule has 9 saturated heterocycles. The highest BCUT2D eigenvalue weighted by molar-refractivity contribution is 5.93. The Bertz CT molecular complexity index is 2710. The van der Waals surface area contributed by atoms with Gasteiger partial charge in [-0.3, -0.25) is 4.79 Å². The third kappa shape index (κ3) is 12.6. The Kier molecular flexibility index (Phi) is 19.0. The molecule has 0 radical (unpaired) electrons. The molecule has 6 N–H and O–H groups in total. The summed E-state index contributed by atoms with van der Waals surface area (Å²) in [6, 6.07) is 9.23. The second kappa shape index (κ2) is 26.3. The van der Waals surface area contributed by atoms with Gasteiger partial charge in [0.25, 0.3) is 0 Å². The molecule has 9 fully saturated rings. The summed E-state index contributed by atoms with van der Waals surface area (Å²) in [5, 5.41) is 65.9. The normalized spacial score (nSPS) is 52.0. The maximum Gasteiger partial charge on any atom is 0.174 e. The van der Waals surface area contributed by atoms with Crippen molar-refractivity contribution < 1.29 is 97.0 Å². The highest BCUT2D eigenvalue weighted by atomic mass is 16.7. The van der Waals surface area contributed by atoms with E-state index in [9.17, 15) is 35.4 Å². The fourth-order valence-electron chi connectivity index (χ4n) is 16.5. The lowest BCUT2D eigenvalue weighted by Crippen LogP contribution is -2.63. The SMILES string of the molecule is CC(=O)c1ccccc1.C[C@@H]1C[C@@H]2O[C@@H]3[C@@H](C)[C@H](O)[C@@H]4O[C@]5(C[C@H](O)CO5)[C@@H](C)[C@H](C)[C@H]4O[C@H]3C[C@H]2O[C@H]2C[C@H]3O[C@H]4C/C=C\C[C@H]5O[C@H]6C=C[C@H]7O[C@H]8[C@H](O)[C@H]9O[C@@H](/C=C/[C@H](O)CO)C=CC[C@@H]9O[C@@H]8C[C@@H]7O[C@@H]6C=C[C@@H]5O[C@@H]4C[C@@H](O)[C@]3(C)O[C@@H]2C1. The topological polar surface area (TPSA) is 258 Å². The maximum absolute atomic E-state index is 12.4. The first-order chi connectivity index (χ1) is 42.3. The number of aliphatic hydroxyl groups is 6. The monoisotopic (exact) mass is 1230 g/mol. The minimum atomic E-state index is -1.04. The van der Waals surface area contributed by atoms with Crippen molar-refractivity contribution in [3.05, 3.63) is 96.7 Å². The Balaban J connectivity index is 0.000000730. The van der Waals surface area contributed by atoms with E-state index in [4.69, 9.17) is 61.6 Å². The van der Waals surface area contributed by atoms with Gasteiger partial charge in [0.15, 0.2) is 11.6 Å². The molecule has 88 heavy (non-hydrogen) atoms. The zero-order valence-corrected chi connectivity index (χ0v) is 51.4. The Hall–Kier alpha value is -3.17. The summed E-state index contributed by atoms with van der Waals surface area (Å²) in [6.45, 7) is 11.8. The molecule has 13 aliphatic heterocycles. The number of aliphatic hydroxyl groups excluding tert-OH is 6. The van der Waals surface area contributed by atoms with Crippen molar-refractivity contribution in [2.75, 3.05) is 13.2 Å². The first-order valence-corrected chi connectivity index (χ1v) is 32.8. The Labute approximate surface area is 516 Å². The average molecular weight is 1230 g/mol. The lowest BCUT2D eigenvalue weighted by atomic mass is 9.75. The molecule has 13 aliphatic rings. The van der Waals surface area contributed by atoms with Crippen LogP contribution >= 0.6 is 0 Å². The summed E-state index contributed by atoms with van der Waals surface area (Å²) >= 11 is 0. The van der Waals surface area contributed by atoms with Gasteiger partial charge < -0.3 is 92.2 Å². The fourth-order valence-corrected chi connectivity index (χ4v) is 16.5. The van der Waals surface area contributed by atoms with Crippen LogP contribution in [0.2, 0.25) is 0 Å². The summed E-state index contributed by atoms with van der Waals surface area (Å²) in [5.41, 5.74) is -0.267. The third-order valence-corrected chi connectivity index (χ3v) is 21.8. The van der Waals surface area contributed by atoms with Crippen molar-refractivity contribution in [2.24, 2.45) is 23.7 Å². The molecule has 1 spiro atoms. The number of rotatable bonds is 4. The zero-order chi connectivity index (χ0) is 61.3. The van der Waals surface area contributed by atoms with Gasteiger partial charge in [-0.05, 0) is 57.8 Å². The van der Waals surface area contributed by atoms with E-state index in [2.05, 4.69) is 32.9 Å². The van der Waals surface area contributed by atoms with E-state index >= 15 is 0 Å². The molecule has 0 unspecified atom stereocenters. The predicted octanol–water partition coefficient (Wildman–Crippen LogP) is 4.86. The number of hydrogen-bond acceptors (Lipinski definition) is 20. The van der Waals surface area contributed by atoms with Crippen LogP contribution < -0.4 is 0 Å². The number of carbonyl (C=O) groups is 1. The number of Topliss-reactive ketones (excluding diaryl/α,β-unsaturated/α-hetero) is 1. The molecule has 0 saturated carbocycles. The quantitative estimate of drug-likeness (QED) is 0.174. The Morgan fingerprint density at radius 3 is 1.91 bits per heavy atom. The van der Waals surface area contributed by atoms with E-state index < -0.39 is 134 Å². The number of fused-ring (bicyclic) bond motifs is 11. The Morgan fingerprint density at radius 1 is 0.568 bits per heavy atom. The standard InChI is InChI=1S/C60H86O19.C8H8O/c1-28-19-42-44(22-48-54(76-42)30(3)52(65)58-55(77-48)29(2)31(4)60(79-58)25-33(63)27-67-60)73-46-24-51-59(5,78-47(46)20-28)50(64)23-45-36(74-51)11-7-6-10-35-37(71-45)15-16-39-38(69-35)17-18-40-43(70-39)21-49-57(75-40)53(66)56-41(72-49)12-8-9-34(68-56)14-13-32(62)26-61;1-7(9)8-5-3-2-4-6-8/h6-9,13-18,28-58,61-66H,10-12,19-27H2,1-5H3;2-6H,1H3/b7-6-,14-13+;/t28-,29+,30+,31+,32+,33+,34-,35-,36+,37+,38+,39-,40-,41+,42+,43+,44-,45-,46+,47-,48+,49-,50-,51-,52+,53-,54-,55-,56+,57-,58+,59+,60-;/m1./s1. The molecule has 20 heteroatoms. The smallest absolute Gasteiger partial charge is 0.174 e. The van der Waals surface area contributed by atoms with Gasteiger partial charge in [0.1, 0.15) is 54.4 Å². The molecular formula is C68H94O20. The lowest BCUT2D eigenvalue weighted by Gasteiger charge is -2.53. The van der Waals surface area contributed by atoms with Gasteiger partial charge in [0.2, 0.25) is 0 Å². The van der Waals surface area contributed by atoms with Crippen LogP contribution in [0, 0.1) is 23.7 Å². The molecule has 14 rings (SSSR count). The summed E-state index contributed by atoms with van der Waals surface area (Å²) in [5.74, 6) is -1.07. The third-order valence-electron chi connectivity index (χ3n) is 21.8. The van der Waals surface area contributed by atoms with Gasteiger partial charge in [0, 0.05) is 49.5 Å². The minimum Gasteiger partial charge on any atom is -0.393 e. The van der Waals surface area contributed by atoms with Crippen LogP contribution in [0.1, 0.15) is 116 Å².